The summed E-state index contributed by atoms with van der Waals surface area (Å²) in [6.07, 6.45) is 3.80. The summed E-state index contributed by atoms with van der Waals surface area (Å²) < 4.78 is 17.9. The smallest absolute Gasteiger partial charge is 0.305 e. The molecule has 7 heteroatoms. The standard InChI is InChI=1S/C20H18ClNO5/c1-20(17-8-6-13(21)10-22-17)26-16-4-2-3-15(19(16)27-20)12-5-7-14(25-11-12)9-18(23)24/h2-6,8,10,14H,7,9,11H2,1H3,(H,23,24)/t14?,20-/m1/s1. The van der Waals surface area contributed by atoms with Crippen LogP contribution < -0.4 is 9.47 Å². The van der Waals surface area contributed by atoms with Crippen molar-refractivity contribution in [3.8, 4) is 11.5 Å². The second kappa shape index (κ2) is 6.87. The van der Waals surface area contributed by atoms with Crippen LogP contribution >= 0.6 is 11.6 Å². The first-order valence-electron chi connectivity index (χ1n) is 8.60. The van der Waals surface area contributed by atoms with E-state index in [0.717, 1.165) is 11.1 Å². The van der Waals surface area contributed by atoms with E-state index < -0.39 is 11.8 Å². The number of para-hydroxylation sites is 1. The fourth-order valence-corrected chi connectivity index (χ4v) is 3.37. The van der Waals surface area contributed by atoms with Gasteiger partial charge in [0.1, 0.15) is 5.69 Å². The van der Waals surface area contributed by atoms with Gasteiger partial charge in [0, 0.05) is 18.7 Å². The SMILES string of the molecule is C[C@@]1(c2ccc(Cl)cn2)Oc2cccc(C3=CCC(CC(=O)O)OC3)c2O1. The third-order valence-electron chi connectivity index (χ3n) is 4.62. The maximum Gasteiger partial charge on any atom is 0.305 e. The molecule has 0 aliphatic carbocycles. The lowest BCUT2D eigenvalue weighted by atomic mass is 9.99. The number of ether oxygens (including phenoxy) is 3. The number of rotatable bonds is 4. The van der Waals surface area contributed by atoms with Crippen LogP contribution in [-0.4, -0.2) is 28.8 Å². The normalized spacial score (nSPS) is 23.8. The lowest BCUT2D eigenvalue weighted by Gasteiger charge is -2.24. The van der Waals surface area contributed by atoms with E-state index in [0.29, 0.717) is 35.2 Å². The molecule has 6 nitrogen and oxygen atoms in total. The number of carboxylic acids is 1. The summed E-state index contributed by atoms with van der Waals surface area (Å²) in [5.41, 5.74) is 2.44. The minimum absolute atomic E-state index is 0.00338. The number of nitrogens with zero attached hydrogens (tertiary/aromatic N) is 1. The van der Waals surface area contributed by atoms with Crippen LogP contribution in [-0.2, 0) is 15.3 Å². The first-order chi connectivity index (χ1) is 12.9. The first kappa shape index (κ1) is 17.8. The van der Waals surface area contributed by atoms with E-state index in [1.807, 2.05) is 31.2 Å². The van der Waals surface area contributed by atoms with Crippen molar-refractivity contribution in [1.29, 1.82) is 0 Å². The number of hydrogen-bond donors (Lipinski definition) is 1. The number of hydrogen-bond acceptors (Lipinski definition) is 5. The summed E-state index contributed by atoms with van der Waals surface area (Å²) in [5.74, 6) is -0.658. The van der Waals surface area contributed by atoms with E-state index in [1.54, 1.807) is 18.3 Å². The number of carboxylic acid groups (broad SMARTS) is 1. The molecule has 2 aromatic rings. The van der Waals surface area contributed by atoms with E-state index >= 15 is 0 Å². The molecule has 0 bridgehead atoms. The summed E-state index contributed by atoms with van der Waals surface area (Å²) in [6, 6.07) is 9.19. The van der Waals surface area contributed by atoms with E-state index in [2.05, 4.69) is 4.98 Å². The molecule has 1 unspecified atom stereocenters. The predicted octanol–water partition coefficient (Wildman–Crippen LogP) is 4.03. The number of halogens is 1. The molecule has 1 aromatic heterocycles. The minimum atomic E-state index is -1.05. The zero-order valence-corrected chi connectivity index (χ0v) is 15.4. The largest absolute Gasteiger partial charge is 0.481 e. The molecule has 1 N–H and O–H groups in total. The Labute approximate surface area is 161 Å². The molecule has 0 radical (unpaired) electrons. The van der Waals surface area contributed by atoms with Crippen molar-refractivity contribution in [1.82, 2.24) is 4.98 Å². The lowest BCUT2D eigenvalue weighted by Crippen LogP contribution is -2.32. The summed E-state index contributed by atoms with van der Waals surface area (Å²) in [5, 5.41) is 9.45. The monoisotopic (exact) mass is 387 g/mol. The highest BCUT2D eigenvalue weighted by Crippen LogP contribution is 2.47. The van der Waals surface area contributed by atoms with Crippen molar-refractivity contribution in [3.05, 3.63) is 58.9 Å². The Morgan fingerprint density at radius 2 is 2.19 bits per heavy atom. The average Bonchev–Trinajstić information content (AvgIpc) is 3.00. The number of benzene rings is 1. The van der Waals surface area contributed by atoms with Crippen molar-refractivity contribution in [2.75, 3.05) is 6.61 Å². The molecular formula is C20H18ClNO5. The lowest BCUT2D eigenvalue weighted by molar-refractivity contribution is -0.140. The second-order valence-corrected chi connectivity index (χ2v) is 7.08. The Kier molecular flexibility index (Phi) is 4.53. The molecule has 2 aliphatic heterocycles. The number of carbonyl (C=O) groups is 1. The van der Waals surface area contributed by atoms with Gasteiger partial charge < -0.3 is 19.3 Å². The number of aromatic nitrogens is 1. The van der Waals surface area contributed by atoms with Gasteiger partial charge in [-0.05, 0) is 30.2 Å². The Morgan fingerprint density at radius 3 is 2.85 bits per heavy atom. The van der Waals surface area contributed by atoms with Gasteiger partial charge >= 0.3 is 5.97 Å². The van der Waals surface area contributed by atoms with Crippen LogP contribution in [0.2, 0.25) is 5.02 Å². The quantitative estimate of drug-likeness (QED) is 0.853. The maximum absolute atomic E-state index is 10.8. The van der Waals surface area contributed by atoms with Crippen LogP contribution in [0.15, 0.2) is 42.6 Å². The number of fused-ring (bicyclic) bond motifs is 1. The fourth-order valence-electron chi connectivity index (χ4n) is 3.26. The molecule has 2 aliphatic rings. The number of pyridine rings is 1. The van der Waals surface area contributed by atoms with Gasteiger partial charge in [-0.2, -0.15) is 0 Å². The number of aliphatic carboxylic acids is 1. The molecule has 0 amide bonds. The second-order valence-electron chi connectivity index (χ2n) is 6.64. The van der Waals surface area contributed by atoms with Crippen LogP contribution in [0.3, 0.4) is 0 Å². The van der Waals surface area contributed by atoms with Crippen LogP contribution in [0.1, 0.15) is 31.0 Å². The Balaban J connectivity index is 1.60. The van der Waals surface area contributed by atoms with Gasteiger partial charge in [-0.15, -0.1) is 0 Å². The highest BCUT2D eigenvalue weighted by molar-refractivity contribution is 6.30. The topological polar surface area (TPSA) is 77.9 Å². The molecule has 2 atom stereocenters. The molecule has 140 valence electrons. The van der Waals surface area contributed by atoms with E-state index in [-0.39, 0.29) is 12.5 Å². The fraction of sp³-hybridized carbons (Fsp3) is 0.300. The molecule has 1 aromatic carbocycles. The van der Waals surface area contributed by atoms with Gasteiger partial charge in [0.05, 0.1) is 24.2 Å². The zero-order valence-electron chi connectivity index (χ0n) is 14.6. The van der Waals surface area contributed by atoms with Gasteiger partial charge in [0.2, 0.25) is 0 Å². The van der Waals surface area contributed by atoms with Gasteiger partial charge in [-0.25, -0.2) is 0 Å². The third-order valence-corrected chi connectivity index (χ3v) is 4.85. The van der Waals surface area contributed by atoms with Gasteiger partial charge in [-0.1, -0.05) is 29.8 Å². The van der Waals surface area contributed by atoms with E-state index in [4.69, 9.17) is 30.9 Å². The van der Waals surface area contributed by atoms with Crippen molar-refractivity contribution in [2.24, 2.45) is 0 Å². The van der Waals surface area contributed by atoms with Gasteiger partial charge in [0.25, 0.3) is 5.79 Å². The molecule has 0 fully saturated rings. The predicted molar refractivity (Wildman–Crippen MR) is 98.9 cm³/mol. The van der Waals surface area contributed by atoms with Crippen LogP contribution in [0.4, 0.5) is 0 Å². The highest BCUT2D eigenvalue weighted by atomic mass is 35.5. The van der Waals surface area contributed by atoms with E-state index in [9.17, 15) is 4.79 Å². The van der Waals surface area contributed by atoms with Crippen LogP contribution in [0, 0.1) is 0 Å². The third kappa shape index (κ3) is 3.50. The molecule has 0 saturated heterocycles. The van der Waals surface area contributed by atoms with Gasteiger partial charge in [0.15, 0.2) is 11.5 Å². The Hall–Kier alpha value is -2.57. The van der Waals surface area contributed by atoms with Crippen molar-refractivity contribution >= 4 is 23.1 Å². The maximum atomic E-state index is 10.8. The van der Waals surface area contributed by atoms with Crippen LogP contribution in [0.25, 0.3) is 5.57 Å². The average molecular weight is 388 g/mol. The first-order valence-corrected chi connectivity index (χ1v) is 8.98. The zero-order chi connectivity index (χ0) is 19.0. The molecule has 4 rings (SSSR count). The van der Waals surface area contributed by atoms with Crippen molar-refractivity contribution < 1.29 is 24.1 Å². The summed E-state index contributed by atoms with van der Waals surface area (Å²) in [4.78, 5) is 15.2. The minimum Gasteiger partial charge on any atom is -0.481 e. The summed E-state index contributed by atoms with van der Waals surface area (Å²) in [6.45, 7) is 2.13. The molecule has 0 saturated carbocycles. The Morgan fingerprint density at radius 1 is 1.33 bits per heavy atom. The Bertz CT molecular complexity index is 911. The van der Waals surface area contributed by atoms with Crippen molar-refractivity contribution in [2.45, 2.75) is 31.7 Å². The molecular weight excluding hydrogens is 370 g/mol. The van der Waals surface area contributed by atoms with Crippen molar-refractivity contribution in [3.63, 3.8) is 0 Å². The van der Waals surface area contributed by atoms with Gasteiger partial charge in [-0.3, -0.25) is 9.78 Å². The summed E-state index contributed by atoms with van der Waals surface area (Å²) in [7, 11) is 0. The van der Waals surface area contributed by atoms with Crippen LogP contribution in [0.5, 0.6) is 11.5 Å². The highest BCUT2D eigenvalue weighted by Gasteiger charge is 2.41. The molecule has 27 heavy (non-hydrogen) atoms. The molecule has 3 heterocycles. The summed E-state index contributed by atoms with van der Waals surface area (Å²) >= 11 is 5.92. The van der Waals surface area contributed by atoms with E-state index in [1.165, 1.54) is 0 Å². The molecule has 0 spiro atoms.